The highest BCUT2D eigenvalue weighted by Crippen LogP contribution is 2.37. The van der Waals surface area contributed by atoms with Crippen molar-refractivity contribution < 1.29 is 13.9 Å². The van der Waals surface area contributed by atoms with Crippen LogP contribution in [0.15, 0.2) is 40.7 Å². The third-order valence-corrected chi connectivity index (χ3v) is 5.82. The van der Waals surface area contributed by atoms with Gasteiger partial charge in [-0.1, -0.05) is 40.8 Å². The number of anilines is 2. The largest absolute Gasteiger partial charge is 0.467 e. The van der Waals surface area contributed by atoms with E-state index in [9.17, 15) is 4.39 Å². The van der Waals surface area contributed by atoms with Gasteiger partial charge in [0.15, 0.2) is 11.1 Å². The highest BCUT2D eigenvalue weighted by molar-refractivity contribution is 8.00. The fourth-order valence-corrected chi connectivity index (χ4v) is 4.51. The first kappa shape index (κ1) is 17.5. The van der Waals surface area contributed by atoms with Crippen LogP contribution in [0.3, 0.4) is 0 Å². The summed E-state index contributed by atoms with van der Waals surface area (Å²) < 4.78 is 25.0. The number of benzene rings is 2. The number of halogens is 2. The molecule has 0 spiro atoms. The van der Waals surface area contributed by atoms with Gasteiger partial charge in [-0.15, -0.1) is 10.2 Å². The third-order valence-electron chi connectivity index (χ3n) is 3.59. The number of aromatic nitrogens is 2. The summed E-state index contributed by atoms with van der Waals surface area (Å²) in [5, 5.41) is 12.6. The Labute approximate surface area is 162 Å². The fourth-order valence-electron chi connectivity index (χ4n) is 2.51. The van der Waals surface area contributed by atoms with Gasteiger partial charge in [0.2, 0.25) is 5.13 Å². The fraction of sp³-hybridized carbons (Fsp3) is 0.176. The van der Waals surface area contributed by atoms with Crippen LogP contribution in [-0.4, -0.2) is 17.0 Å². The van der Waals surface area contributed by atoms with Crippen molar-refractivity contribution in [2.45, 2.75) is 16.7 Å². The van der Waals surface area contributed by atoms with E-state index in [1.807, 2.05) is 12.1 Å². The average molecular weight is 410 g/mol. The number of hydrogen-bond acceptors (Lipinski definition) is 7. The van der Waals surface area contributed by atoms with Crippen LogP contribution in [0.2, 0.25) is 5.02 Å². The Morgan fingerprint density at radius 3 is 3.08 bits per heavy atom. The molecule has 4 rings (SSSR count). The van der Waals surface area contributed by atoms with Crippen LogP contribution in [-0.2, 0) is 17.1 Å². The van der Waals surface area contributed by atoms with Crippen LogP contribution in [0.25, 0.3) is 0 Å². The van der Waals surface area contributed by atoms with Crippen LogP contribution in [0.1, 0.15) is 11.1 Å². The number of hydrogen-bond donors (Lipinski definition) is 1. The number of thioether (sulfide) groups is 1. The number of nitrogens with one attached hydrogen (secondary N) is 1. The lowest BCUT2D eigenvalue weighted by atomic mass is 10.1. The number of nitrogens with zero attached hydrogens (tertiary/aromatic N) is 2. The zero-order valence-corrected chi connectivity index (χ0v) is 15.8. The third kappa shape index (κ3) is 4.09. The molecule has 26 heavy (non-hydrogen) atoms. The van der Waals surface area contributed by atoms with Crippen LogP contribution in [0.5, 0.6) is 5.75 Å². The highest BCUT2D eigenvalue weighted by Gasteiger charge is 2.17. The van der Waals surface area contributed by atoms with Crippen molar-refractivity contribution in [3.05, 3.63) is 58.4 Å². The van der Waals surface area contributed by atoms with Gasteiger partial charge < -0.3 is 14.8 Å². The molecule has 0 bridgehead atoms. The molecular weight excluding hydrogens is 397 g/mol. The van der Waals surface area contributed by atoms with Crippen molar-refractivity contribution in [1.29, 1.82) is 0 Å². The quantitative estimate of drug-likeness (QED) is 0.582. The molecule has 0 aliphatic carbocycles. The SMILES string of the molecule is Fc1cccc(Nc2nnc(SCc3cc(Cl)cc4c3OCOC4)s2)c1. The van der Waals surface area contributed by atoms with Gasteiger partial charge >= 0.3 is 0 Å². The van der Waals surface area contributed by atoms with Gasteiger partial charge in [-0.2, -0.15) is 0 Å². The Balaban J connectivity index is 1.45. The highest BCUT2D eigenvalue weighted by atomic mass is 35.5. The summed E-state index contributed by atoms with van der Waals surface area (Å²) in [6.45, 7) is 0.737. The molecule has 2 heterocycles. The minimum absolute atomic E-state index is 0.243. The van der Waals surface area contributed by atoms with E-state index in [2.05, 4.69) is 15.5 Å². The molecule has 0 fully saturated rings. The maximum absolute atomic E-state index is 13.2. The van der Waals surface area contributed by atoms with E-state index in [1.165, 1.54) is 23.5 Å². The summed E-state index contributed by atoms with van der Waals surface area (Å²) in [7, 11) is 0. The molecule has 0 saturated carbocycles. The maximum atomic E-state index is 13.2. The maximum Gasteiger partial charge on any atom is 0.210 e. The average Bonchev–Trinajstić information content (AvgIpc) is 3.07. The van der Waals surface area contributed by atoms with Gasteiger partial charge in [-0.25, -0.2) is 4.39 Å². The predicted octanol–water partition coefficient (Wildman–Crippen LogP) is 5.23. The molecule has 1 aliphatic rings. The van der Waals surface area contributed by atoms with E-state index in [0.717, 1.165) is 21.2 Å². The molecule has 2 aromatic carbocycles. The molecule has 0 atom stereocenters. The lowest BCUT2D eigenvalue weighted by Crippen LogP contribution is -2.12. The second-order valence-electron chi connectivity index (χ2n) is 5.46. The minimum atomic E-state index is -0.302. The molecule has 9 heteroatoms. The van der Waals surface area contributed by atoms with Crippen molar-refractivity contribution >= 4 is 45.5 Å². The smallest absolute Gasteiger partial charge is 0.210 e. The van der Waals surface area contributed by atoms with E-state index < -0.39 is 0 Å². The van der Waals surface area contributed by atoms with Crippen molar-refractivity contribution in [2.24, 2.45) is 0 Å². The number of fused-ring (bicyclic) bond motifs is 1. The van der Waals surface area contributed by atoms with E-state index in [1.54, 1.807) is 23.9 Å². The zero-order chi connectivity index (χ0) is 17.9. The molecule has 0 amide bonds. The van der Waals surface area contributed by atoms with E-state index >= 15 is 0 Å². The van der Waals surface area contributed by atoms with Crippen LogP contribution in [0.4, 0.5) is 15.2 Å². The molecule has 0 unspecified atom stereocenters. The summed E-state index contributed by atoms with van der Waals surface area (Å²) in [5.74, 6) is 1.18. The van der Waals surface area contributed by atoms with Gasteiger partial charge in [0.25, 0.3) is 0 Å². The summed E-state index contributed by atoms with van der Waals surface area (Å²) in [6, 6.07) is 9.97. The summed E-state index contributed by atoms with van der Waals surface area (Å²) in [6.07, 6.45) is 0. The summed E-state index contributed by atoms with van der Waals surface area (Å²) in [5.41, 5.74) is 2.58. The Morgan fingerprint density at radius 1 is 1.27 bits per heavy atom. The van der Waals surface area contributed by atoms with Gasteiger partial charge in [0.1, 0.15) is 11.6 Å². The van der Waals surface area contributed by atoms with E-state index in [0.29, 0.717) is 28.2 Å². The van der Waals surface area contributed by atoms with Crippen molar-refractivity contribution in [1.82, 2.24) is 10.2 Å². The Kier molecular flexibility index (Phi) is 5.26. The summed E-state index contributed by atoms with van der Waals surface area (Å²) in [4.78, 5) is 0. The molecule has 5 nitrogen and oxygen atoms in total. The standard InChI is InChI=1S/C17H13ClFN3O2S2/c18-12-4-10-7-23-9-24-15(10)11(5-12)8-25-17-22-21-16(26-17)20-14-3-1-2-13(19)6-14/h1-6H,7-9H2,(H,20,21). The normalized spacial score (nSPS) is 13.2. The molecule has 1 aliphatic heterocycles. The van der Waals surface area contributed by atoms with Gasteiger partial charge in [0, 0.05) is 27.6 Å². The van der Waals surface area contributed by atoms with Gasteiger partial charge in [0.05, 0.1) is 6.61 Å². The number of ether oxygens (including phenoxy) is 2. The minimum Gasteiger partial charge on any atom is -0.467 e. The summed E-state index contributed by atoms with van der Waals surface area (Å²) >= 11 is 9.13. The van der Waals surface area contributed by atoms with Gasteiger partial charge in [-0.3, -0.25) is 0 Å². The van der Waals surface area contributed by atoms with Crippen LogP contribution < -0.4 is 10.1 Å². The van der Waals surface area contributed by atoms with Crippen molar-refractivity contribution in [3.63, 3.8) is 0 Å². The molecule has 1 N–H and O–H groups in total. The lowest BCUT2D eigenvalue weighted by molar-refractivity contribution is -0.0168. The Hall–Kier alpha value is -1.87. The van der Waals surface area contributed by atoms with Crippen LogP contribution >= 0.6 is 34.7 Å². The Morgan fingerprint density at radius 2 is 2.19 bits per heavy atom. The zero-order valence-electron chi connectivity index (χ0n) is 13.4. The molecule has 0 radical (unpaired) electrons. The topological polar surface area (TPSA) is 56.3 Å². The first-order chi connectivity index (χ1) is 12.7. The molecule has 0 saturated heterocycles. The molecule has 1 aromatic heterocycles. The van der Waals surface area contributed by atoms with E-state index in [-0.39, 0.29) is 12.6 Å². The van der Waals surface area contributed by atoms with Gasteiger partial charge in [-0.05, 0) is 30.3 Å². The first-order valence-corrected chi connectivity index (χ1v) is 9.86. The Bertz CT molecular complexity index is 938. The lowest BCUT2D eigenvalue weighted by Gasteiger charge is -2.20. The van der Waals surface area contributed by atoms with Crippen molar-refractivity contribution in [2.75, 3.05) is 12.1 Å². The predicted molar refractivity (Wildman–Crippen MR) is 101 cm³/mol. The molecule has 134 valence electrons. The first-order valence-electron chi connectivity index (χ1n) is 7.68. The monoisotopic (exact) mass is 409 g/mol. The van der Waals surface area contributed by atoms with Crippen molar-refractivity contribution in [3.8, 4) is 5.75 Å². The second kappa shape index (κ2) is 7.79. The second-order valence-corrected chi connectivity index (χ2v) is 8.10. The molecular formula is C17H13ClFN3O2S2. The number of rotatable bonds is 5. The van der Waals surface area contributed by atoms with E-state index in [4.69, 9.17) is 21.1 Å². The molecule has 3 aromatic rings. The van der Waals surface area contributed by atoms with Crippen LogP contribution in [0, 0.1) is 5.82 Å².